The van der Waals surface area contributed by atoms with E-state index >= 15 is 0 Å². The average molecular weight is 204 g/mol. The van der Waals surface area contributed by atoms with E-state index in [0.717, 1.165) is 0 Å². The molecule has 0 saturated heterocycles. The van der Waals surface area contributed by atoms with E-state index in [-0.39, 0.29) is 24.3 Å². The third-order valence-corrected chi connectivity index (χ3v) is 1.64. The van der Waals surface area contributed by atoms with Crippen molar-refractivity contribution in [3.05, 3.63) is 11.3 Å². The first-order chi connectivity index (χ1) is 7.19. The fourth-order valence-corrected chi connectivity index (χ4v) is 1.00. The summed E-state index contributed by atoms with van der Waals surface area (Å²) in [7, 11) is 0. The van der Waals surface area contributed by atoms with E-state index in [1.807, 2.05) is 12.1 Å². The van der Waals surface area contributed by atoms with Crippen molar-refractivity contribution in [2.24, 2.45) is 5.73 Å². The number of H-pyrrole nitrogens is 1. The zero-order valence-electron chi connectivity index (χ0n) is 7.74. The Kier molecular flexibility index (Phi) is 3.25. The van der Waals surface area contributed by atoms with E-state index in [2.05, 4.69) is 15.5 Å². The first kappa shape index (κ1) is 10.5. The van der Waals surface area contributed by atoms with Crippen LogP contribution in [0.5, 0.6) is 0 Å². The van der Waals surface area contributed by atoms with Gasteiger partial charge in [0.15, 0.2) is 5.82 Å². The van der Waals surface area contributed by atoms with Crippen LogP contribution in [0, 0.1) is 22.7 Å². The van der Waals surface area contributed by atoms with Gasteiger partial charge in [0.2, 0.25) is 5.91 Å². The smallest absolute Gasteiger partial charge is 0.236 e. The first-order valence-electron chi connectivity index (χ1n) is 4.05. The van der Waals surface area contributed by atoms with Gasteiger partial charge in [-0.15, -0.1) is 0 Å². The maximum absolute atomic E-state index is 10.5. The quantitative estimate of drug-likeness (QED) is 0.593. The Morgan fingerprint density at radius 3 is 2.87 bits per heavy atom. The molecule has 0 aromatic carbocycles. The first-order valence-corrected chi connectivity index (χ1v) is 4.05. The monoisotopic (exact) mass is 204 g/mol. The van der Waals surface area contributed by atoms with Crippen LogP contribution in [0.15, 0.2) is 0 Å². The van der Waals surface area contributed by atoms with Crippen LogP contribution in [0.4, 0.5) is 5.82 Å². The van der Waals surface area contributed by atoms with Crippen LogP contribution in [0.25, 0.3) is 0 Å². The number of nitriles is 2. The SMILES string of the molecule is N#CCc1[nH]nc(NCC(N)=O)c1C#N. The summed E-state index contributed by atoms with van der Waals surface area (Å²) in [4.78, 5) is 10.5. The number of primary amides is 1. The fraction of sp³-hybridized carbons (Fsp3) is 0.250. The number of aromatic nitrogens is 2. The number of rotatable bonds is 4. The Morgan fingerprint density at radius 2 is 2.33 bits per heavy atom. The lowest BCUT2D eigenvalue weighted by atomic mass is 10.2. The van der Waals surface area contributed by atoms with Crippen LogP contribution in [-0.2, 0) is 11.2 Å². The number of nitrogens with one attached hydrogen (secondary N) is 2. The van der Waals surface area contributed by atoms with Gasteiger partial charge >= 0.3 is 0 Å². The predicted octanol–water partition coefficient (Wildman–Crippen LogP) is -0.755. The summed E-state index contributed by atoms with van der Waals surface area (Å²) in [5.41, 5.74) is 5.58. The van der Waals surface area contributed by atoms with Gasteiger partial charge in [0, 0.05) is 0 Å². The van der Waals surface area contributed by atoms with Crippen LogP contribution < -0.4 is 11.1 Å². The number of carbonyl (C=O) groups excluding carboxylic acids is 1. The van der Waals surface area contributed by atoms with Gasteiger partial charge in [0.1, 0.15) is 11.6 Å². The summed E-state index contributed by atoms with van der Waals surface area (Å²) in [5, 5.41) is 26.2. The maximum Gasteiger partial charge on any atom is 0.236 e. The van der Waals surface area contributed by atoms with Crippen molar-refractivity contribution in [2.45, 2.75) is 6.42 Å². The van der Waals surface area contributed by atoms with Gasteiger partial charge in [-0.1, -0.05) is 0 Å². The second kappa shape index (κ2) is 4.63. The zero-order valence-corrected chi connectivity index (χ0v) is 7.74. The van der Waals surface area contributed by atoms with Crippen molar-refractivity contribution >= 4 is 11.7 Å². The Labute approximate surface area is 85.5 Å². The minimum absolute atomic E-state index is 0.0636. The lowest BCUT2D eigenvalue weighted by Gasteiger charge is -1.98. The summed E-state index contributed by atoms with van der Waals surface area (Å²) in [6, 6.07) is 3.79. The second-order valence-electron chi connectivity index (χ2n) is 2.69. The molecule has 7 heteroatoms. The number of nitrogens with two attached hydrogens (primary N) is 1. The minimum atomic E-state index is -0.552. The van der Waals surface area contributed by atoms with Crippen LogP contribution in [0.2, 0.25) is 0 Å². The molecule has 0 aliphatic carbocycles. The number of hydrogen-bond donors (Lipinski definition) is 3. The number of nitrogens with zero attached hydrogens (tertiary/aromatic N) is 3. The van der Waals surface area contributed by atoms with E-state index < -0.39 is 5.91 Å². The molecule has 0 radical (unpaired) electrons. The normalized spacial score (nSPS) is 8.93. The molecule has 0 atom stereocenters. The van der Waals surface area contributed by atoms with Crippen molar-refractivity contribution in [3.63, 3.8) is 0 Å². The Bertz CT molecular complexity index is 449. The Hall–Kier alpha value is -2.54. The van der Waals surface area contributed by atoms with Gasteiger partial charge < -0.3 is 11.1 Å². The maximum atomic E-state index is 10.5. The van der Waals surface area contributed by atoms with Gasteiger partial charge in [0.25, 0.3) is 0 Å². The van der Waals surface area contributed by atoms with Gasteiger partial charge in [-0.25, -0.2) is 0 Å². The molecule has 0 fully saturated rings. The summed E-state index contributed by atoms with van der Waals surface area (Å²) in [5.74, 6) is -0.315. The molecule has 76 valence electrons. The van der Waals surface area contributed by atoms with E-state index in [0.29, 0.717) is 5.69 Å². The van der Waals surface area contributed by atoms with E-state index in [1.54, 1.807) is 0 Å². The number of aromatic amines is 1. The molecule has 7 nitrogen and oxygen atoms in total. The standard InChI is InChI=1S/C8H8N6O/c9-2-1-6-5(3-10)8(14-13-6)12-4-7(11)15/h1,4H2,(H2,11,15)(H2,12,13,14). The second-order valence-corrected chi connectivity index (χ2v) is 2.69. The molecule has 1 rings (SSSR count). The van der Waals surface area contributed by atoms with Gasteiger partial charge in [0.05, 0.1) is 24.7 Å². The zero-order chi connectivity index (χ0) is 11.3. The number of anilines is 1. The molecule has 0 saturated carbocycles. The molecule has 1 heterocycles. The highest BCUT2D eigenvalue weighted by molar-refractivity contribution is 5.79. The van der Waals surface area contributed by atoms with Crippen LogP contribution in [-0.4, -0.2) is 22.6 Å². The number of hydrogen-bond acceptors (Lipinski definition) is 5. The summed E-state index contributed by atoms with van der Waals surface area (Å²) in [6.07, 6.45) is 0.0636. The molecule has 0 bridgehead atoms. The Balaban J connectivity index is 2.86. The van der Waals surface area contributed by atoms with Gasteiger partial charge in [-0.3, -0.25) is 9.89 Å². The molecule has 0 aliphatic heterocycles. The topological polar surface area (TPSA) is 131 Å². The lowest BCUT2D eigenvalue weighted by molar-refractivity contribution is -0.116. The highest BCUT2D eigenvalue weighted by Crippen LogP contribution is 2.14. The highest BCUT2D eigenvalue weighted by atomic mass is 16.1. The average Bonchev–Trinajstić information content (AvgIpc) is 2.58. The van der Waals surface area contributed by atoms with Gasteiger partial charge in [-0.05, 0) is 0 Å². The van der Waals surface area contributed by atoms with Crippen molar-refractivity contribution in [1.82, 2.24) is 10.2 Å². The molecule has 1 amide bonds. The molecular formula is C8H8N6O. The van der Waals surface area contributed by atoms with Crippen LogP contribution >= 0.6 is 0 Å². The van der Waals surface area contributed by atoms with E-state index in [9.17, 15) is 4.79 Å². The van der Waals surface area contributed by atoms with Crippen LogP contribution in [0.1, 0.15) is 11.3 Å². The van der Waals surface area contributed by atoms with Gasteiger partial charge in [-0.2, -0.15) is 15.6 Å². The van der Waals surface area contributed by atoms with Crippen molar-refractivity contribution in [2.75, 3.05) is 11.9 Å². The van der Waals surface area contributed by atoms with E-state index in [1.165, 1.54) is 0 Å². The molecule has 1 aromatic rings. The summed E-state index contributed by atoms with van der Waals surface area (Å²) in [6.45, 7) is -0.106. The predicted molar refractivity (Wildman–Crippen MR) is 50.3 cm³/mol. The van der Waals surface area contributed by atoms with Crippen molar-refractivity contribution < 1.29 is 4.79 Å². The molecule has 0 aliphatic rings. The largest absolute Gasteiger partial charge is 0.368 e. The molecule has 0 spiro atoms. The third kappa shape index (κ3) is 2.45. The number of carbonyl (C=O) groups is 1. The molecule has 4 N–H and O–H groups in total. The van der Waals surface area contributed by atoms with Crippen LogP contribution in [0.3, 0.4) is 0 Å². The molecule has 1 aromatic heterocycles. The minimum Gasteiger partial charge on any atom is -0.368 e. The number of amides is 1. The van der Waals surface area contributed by atoms with Crippen molar-refractivity contribution in [3.8, 4) is 12.1 Å². The third-order valence-electron chi connectivity index (χ3n) is 1.64. The summed E-state index contributed by atoms with van der Waals surface area (Å²) < 4.78 is 0. The van der Waals surface area contributed by atoms with E-state index in [4.69, 9.17) is 16.3 Å². The van der Waals surface area contributed by atoms with Crippen molar-refractivity contribution in [1.29, 1.82) is 10.5 Å². The molecule has 0 unspecified atom stereocenters. The molecular weight excluding hydrogens is 196 g/mol. The fourth-order valence-electron chi connectivity index (χ4n) is 1.00. The Morgan fingerprint density at radius 1 is 1.60 bits per heavy atom. The highest BCUT2D eigenvalue weighted by Gasteiger charge is 2.12. The molecule has 15 heavy (non-hydrogen) atoms. The summed E-state index contributed by atoms with van der Waals surface area (Å²) >= 11 is 0. The lowest BCUT2D eigenvalue weighted by Crippen LogP contribution is -2.22.